The highest BCUT2D eigenvalue weighted by molar-refractivity contribution is 7.21. The number of ether oxygens (including phenoxy) is 1. The van der Waals surface area contributed by atoms with Crippen molar-refractivity contribution in [3.05, 3.63) is 34.5 Å². The van der Waals surface area contributed by atoms with Crippen LogP contribution in [0.25, 0.3) is 10.1 Å². The van der Waals surface area contributed by atoms with Gasteiger partial charge in [0.15, 0.2) is 0 Å². The second-order valence-corrected chi connectivity index (χ2v) is 6.72. The fourth-order valence-corrected chi connectivity index (χ4v) is 3.75. The van der Waals surface area contributed by atoms with E-state index in [1.165, 1.54) is 24.5 Å². The van der Waals surface area contributed by atoms with Gasteiger partial charge in [-0.25, -0.2) is 4.39 Å². The van der Waals surface area contributed by atoms with E-state index >= 15 is 0 Å². The molecule has 1 aromatic carbocycles. The van der Waals surface area contributed by atoms with E-state index in [9.17, 15) is 9.18 Å². The lowest BCUT2D eigenvalue weighted by Crippen LogP contribution is -2.38. The maximum atomic E-state index is 14.1. The van der Waals surface area contributed by atoms with E-state index < -0.39 is 0 Å². The van der Waals surface area contributed by atoms with Crippen LogP contribution < -0.4 is 11.1 Å². The van der Waals surface area contributed by atoms with Crippen LogP contribution in [-0.2, 0) is 11.3 Å². The highest BCUT2D eigenvalue weighted by Gasteiger charge is 2.29. The molecule has 0 radical (unpaired) electrons. The molecule has 23 heavy (non-hydrogen) atoms. The van der Waals surface area contributed by atoms with Gasteiger partial charge in [-0.1, -0.05) is 6.07 Å². The molecule has 0 aliphatic heterocycles. The van der Waals surface area contributed by atoms with E-state index in [2.05, 4.69) is 5.32 Å². The Labute approximate surface area is 144 Å². The first-order chi connectivity index (χ1) is 10.6. The lowest BCUT2D eigenvalue weighted by atomic mass is 10.1. The van der Waals surface area contributed by atoms with Crippen LogP contribution in [0.15, 0.2) is 18.2 Å². The number of hydrogen-bond donors (Lipinski definition) is 2. The molecule has 1 aliphatic carbocycles. The Hall–Kier alpha value is -1.21. The molecular weight excluding hydrogens is 339 g/mol. The third-order valence-corrected chi connectivity index (χ3v) is 5.18. The Balaban J connectivity index is 0.00000192. The molecule has 7 heteroatoms. The standard InChI is InChI=1S/C16H19FN2O2S.ClH/c1-21-8-10-14-11(17)3-2-4-13(14)22-15(10)16(20)19-7-12(18)9-5-6-9;/h2-4,9,12H,5-8,18H2,1H3,(H,19,20);1H. The second kappa shape index (κ2) is 7.57. The maximum absolute atomic E-state index is 14.1. The van der Waals surface area contributed by atoms with Gasteiger partial charge >= 0.3 is 0 Å². The van der Waals surface area contributed by atoms with Gasteiger partial charge in [0.25, 0.3) is 5.91 Å². The number of nitrogens with one attached hydrogen (secondary N) is 1. The van der Waals surface area contributed by atoms with Crippen molar-refractivity contribution in [2.24, 2.45) is 11.7 Å². The Morgan fingerprint density at radius 2 is 2.26 bits per heavy atom. The summed E-state index contributed by atoms with van der Waals surface area (Å²) in [7, 11) is 1.54. The average Bonchev–Trinajstić information content (AvgIpc) is 3.28. The van der Waals surface area contributed by atoms with Gasteiger partial charge in [-0.15, -0.1) is 23.7 Å². The van der Waals surface area contributed by atoms with Gasteiger partial charge in [0.1, 0.15) is 5.82 Å². The third kappa shape index (κ3) is 3.83. The molecule has 1 amide bonds. The quantitative estimate of drug-likeness (QED) is 0.834. The summed E-state index contributed by atoms with van der Waals surface area (Å²) in [6.07, 6.45) is 2.28. The molecule has 0 spiro atoms. The second-order valence-electron chi connectivity index (χ2n) is 5.67. The van der Waals surface area contributed by atoms with Crippen LogP contribution in [0.3, 0.4) is 0 Å². The molecule has 2 aromatic rings. The molecule has 1 saturated carbocycles. The predicted molar refractivity (Wildman–Crippen MR) is 92.8 cm³/mol. The van der Waals surface area contributed by atoms with Crippen molar-refractivity contribution >= 4 is 39.7 Å². The molecule has 1 unspecified atom stereocenters. The number of carbonyl (C=O) groups excluding carboxylic acids is 1. The lowest BCUT2D eigenvalue weighted by Gasteiger charge is -2.11. The Morgan fingerprint density at radius 3 is 2.91 bits per heavy atom. The zero-order valence-corrected chi connectivity index (χ0v) is 14.4. The van der Waals surface area contributed by atoms with Gasteiger partial charge in [-0.3, -0.25) is 4.79 Å². The predicted octanol–water partition coefficient (Wildman–Crippen LogP) is 3.08. The molecule has 1 heterocycles. The average molecular weight is 359 g/mol. The van der Waals surface area contributed by atoms with Gasteiger partial charge in [0.05, 0.1) is 11.5 Å². The first-order valence-corrected chi connectivity index (χ1v) is 8.16. The summed E-state index contributed by atoms with van der Waals surface area (Å²) in [5, 5.41) is 3.35. The van der Waals surface area contributed by atoms with Crippen LogP contribution in [0, 0.1) is 11.7 Å². The zero-order valence-electron chi connectivity index (χ0n) is 12.8. The number of rotatable bonds is 6. The summed E-state index contributed by atoms with van der Waals surface area (Å²) in [6.45, 7) is 0.658. The molecule has 3 rings (SSSR count). The van der Waals surface area contributed by atoms with Crippen LogP contribution in [0.2, 0.25) is 0 Å². The number of nitrogens with two attached hydrogens (primary N) is 1. The van der Waals surface area contributed by atoms with Gasteiger partial charge in [0, 0.05) is 35.3 Å². The van der Waals surface area contributed by atoms with Crippen molar-refractivity contribution in [3.8, 4) is 0 Å². The monoisotopic (exact) mass is 358 g/mol. The van der Waals surface area contributed by atoms with Crippen molar-refractivity contribution in [1.29, 1.82) is 0 Å². The van der Waals surface area contributed by atoms with E-state index in [0.29, 0.717) is 28.3 Å². The summed E-state index contributed by atoms with van der Waals surface area (Å²) in [4.78, 5) is 12.9. The number of thiophene rings is 1. The van der Waals surface area contributed by atoms with Crippen molar-refractivity contribution in [1.82, 2.24) is 5.32 Å². The minimum absolute atomic E-state index is 0. The smallest absolute Gasteiger partial charge is 0.261 e. The molecule has 1 fully saturated rings. The van der Waals surface area contributed by atoms with Crippen LogP contribution in [-0.4, -0.2) is 25.6 Å². The molecule has 126 valence electrons. The fourth-order valence-electron chi connectivity index (χ4n) is 2.61. The summed E-state index contributed by atoms with van der Waals surface area (Å²) >= 11 is 1.29. The van der Waals surface area contributed by atoms with Gasteiger partial charge in [-0.05, 0) is 30.9 Å². The lowest BCUT2D eigenvalue weighted by molar-refractivity contribution is 0.0950. The number of hydrogen-bond acceptors (Lipinski definition) is 4. The van der Waals surface area contributed by atoms with Crippen LogP contribution in [0.4, 0.5) is 4.39 Å². The van der Waals surface area contributed by atoms with E-state index in [0.717, 1.165) is 17.5 Å². The minimum Gasteiger partial charge on any atom is -0.380 e. The van der Waals surface area contributed by atoms with E-state index in [4.69, 9.17) is 10.5 Å². The Bertz CT molecular complexity index is 703. The molecule has 4 nitrogen and oxygen atoms in total. The van der Waals surface area contributed by atoms with Crippen LogP contribution in [0.1, 0.15) is 28.1 Å². The molecule has 1 aromatic heterocycles. The molecule has 0 bridgehead atoms. The number of fused-ring (bicyclic) bond motifs is 1. The SMILES string of the molecule is COCc1c(C(=O)NCC(N)C2CC2)sc2cccc(F)c12.Cl. The molecule has 3 N–H and O–H groups in total. The first-order valence-electron chi connectivity index (χ1n) is 7.34. The van der Waals surface area contributed by atoms with Crippen LogP contribution in [0.5, 0.6) is 0 Å². The van der Waals surface area contributed by atoms with Crippen molar-refractivity contribution in [2.45, 2.75) is 25.5 Å². The van der Waals surface area contributed by atoms with Gasteiger partial charge in [-0.2, -0.15) is 0 Å². The Morgan fingerprint density at radius 1 is 1.52 bits per heavy atom. The normalized spacial score (nSPS) is 15.3. The fraction of sp³-hybridized carbons (Fsp3) is 0.438. The van der Waals surface area contributed by atoms with E-state index in [-0.39, 0.29) is 36.8 Å². The van der Waals surface area contributed by atoms with Crippen molar-refractivity contribution < 1.29 is 13.9 Å². The topological polar surface area (TPSA) is 64.3 Å². The highest BCUT2D eigenvalue weighted by atomic mass is 35.5. The highest BCUT2D eigenvalue weighted by Crippen LogP contribution is 2.34. The van der Waals surface area contributed by atoms with Crippen molar-refractivity contribution in [3.63, 3.8) is 0 Å². The largest absolute Gasteiger partial charge is 0.380 e. The maximum Gasteiger partial charge on any atom is 0.261 e. The molecular formula is C16H20ClFN2O2S. The molecule has 1 aliphatic rings. The molecule has 0 saturated heterocycles. The summed E-state index contributed by atoms with van der Waals surface area (Å²) in [6, 6.07) is 4.87. The minimum atomic E-state index is -0.325. The number of methoxy groups -OCH3 is 1. The third-order valence-electron chi connectivity index (χ3n) is 3.98. The number of amides is 1. The summed E-state index contributed by atoms with van der Waals surface area (Å²) in [5.41, 5.74) is 6.61. The van der Waals surface area contributed by atoms with E-state index in [1.54, 1.807) is 6.07 Å². The summed E-state index contributed by atoms with van der Waals surface area (Å²) < 4.78 is 20.0. The first kappa shape index (κ1) is 18.1. The van der Waals surface area contributed by atoms with Gasteiger partial charge < -0.3 is 15.8 Å². The number of benzene rings is 1. The molecule has 1 atom stereocenters. The van der Waals surface area contributed by atoms with Gasteiger partial charge in [0.2, 0.25) is 0 Å². The Kier molecular flexibility index (Phi) is 5.97. The van der Waals surface area contributed by atoms with Crippen LogP contribution >= 0.6 is 23.7 Å². The number of halogens is 2. The zero-order chi connectivity index (χ0) is 15.7. The number of carbonyl (C=O) groups is 1. The summed E-state index contributed by atoms with van der Waals surface area (Å²) in [5.74, 6) is -0.00289. The van der Waals surface area contributed by atoms with Crippen molar-refractivity contribution in [2.75, 3.05) is 13.7 Å². The van der Waals surface area contributed by atoms with E-state index in [1.807, 2.05) is 6.07 Å².